The molecule has 27 heavy (non-hydrogen) atoms. The molecule has 1 saturated carbocycles. The lowest BCUT2D eigenvalue weighted by atomic mass is 9.85. The molecule has 3 N–H and O–H groups in total. The lowest BCUT2D eigenvalue weighted by molar-refractivity contribution is -0.138. The van der Waals surface area contributed by atoms with Crippen LogP contribution in [0.4, 0.5) is 0 Å². The summed E-state index contributed by atoms with van der Waals surface area (Å²) in [7, 11) is 3.61. The van der Waals surface area contributed by atoms with Gasteiger partial charge < -0.3 is 20.6 Å². The third-order valence-corrected chi connectivity index (χ3v) is 5.27. The van der Waals surface area contributed by atoms with E-state index in [1.165, 1.54) is 0 Å². The first-order chi connectivity index (χ1) is 12.9. The maximum absolute atomic E-state index is 12.7. The van der Waals surface area contributed by atoms with Crippen molar-refractivity contribution in [1.82, 2.24) is 15.5 Å². The van der Waals surface area contributed by atoms with Crippen molar-refractivity contribution in [2.75, 3.05) is 33.7 Å². The number of nitrogens with zero attached hydrogens (tertiary/aromatic N) is 2. The second kappa shape index (κ2) is 9.95. The molecule has 1 fully saturated rings. The van der Waals surface area contributed by atoms with Gasteiger partial charge in [0.15, 0.2) is 5.96 Å². The molecule has 1 unspecified atom stereocenters. The van der Waals surface area contributed by atoms with Crippen molar-refractivity contribution in [1.29, 1.82) is 0 Å². The predicted octanol–water partition coefficient (Wildman–Crippen LogP) is 2.58. The molecule has 0 spiro atoms. The minimum absolute atomic E-state index is 0.154. The Morgan fingerprint density at radius 3 is 2.44 bits per heavy atom. The highest BCUT2D eigenvalue weighted by molar-refractivity contribution is 6.30. The van der Waals surface area contributed by atoms with E-state index in [1.807, 2.05) is 19.1 Å². The Morgan fingerprint density at radius 2 is 1.89 bits per heavy atom. The lowest BCUT2D eigenvalue weighted by Gasteiger charge is -2.29. The summed E-state index contributed by atoms with van der Waals surface area (Å²) in [6.45, 7) is 3.47. The average molecular weight is 395 g/mol. The zero-order valence-electron chi connectivity index (χ0n) is 16.5. The number of carbonyl (C=O) groups is 1. The van der Waals surface area contributed by atoms with Gasteiger partial charge in [0.25, 0.3) is 0 Å². The third-order valence-electron chi connectivity index (χ3n) is 5.02. The smallest absolute Gasteiger partial charge is 0.230 e. The number of guanidine groups is 1. The fourth-order valence-electron chi connectivity index (χ4n) is 3.53. The van der Waals surface area contributed by atoms with Crippen molar-refractivity contribution in [3.05, 3.63) is 34.9 Å². The van der Waals surface area contributed by atoms with Crippen LogP contribution in [-0.4, -0.2) is 55.6 Å². The Bertz CT molecular complexity index is 640. The Labute approximate surface area is 167 Å². The van der Waals surface area contributed by atoms with E-state index in [1.54, 1.807) is 31.1 Å². The molecule has 0 aliphatic heterocycles. The van der Waals surface area contributed by atoms with Crippen LogP contribution in [-0.2, 0) is 4.79 Å². The van der Waals surface area contributed by atoms with Crippen LogP contribution < -0.4 is 10.6 Å². The number of aliphatic hydroxyl groups excluding tert-OH is 1. The Balaban J connectivity index is 2.02. The Hall–Kier alpha value is -1.79. The van der Waals surface area contributed by atoms with Gasteiger partial charge in [0.05, 0.1) is 18.1 Å². The number of hydrogen-bond donors (Lipinski definition) is 3. The molecule has 7 heteroatoms. The highest BCUT2D eigenvalue weighted by Crippen LogP contribution is 2.39. The van der Waals surface area contributed by atoms with Crippen LogP contribution in [0, 0.1) is 5.41 Å². The number of benzene rings is 1. The number of rotatable bonds is 7. The first-order valence-electron chi connectivity index (χ1n) is 9.55. The molecular formula is C20H31ClN4O2. The quantitative estimate of drug-likeness (QED) is 0.490. The minimum Gasteiger partial charge on any atom is -0.387 e. The van der Waals surface area contributed by atoms with Gasteiger partial charge in [-0.2, -0.15) is 0 Å². The third kappa shape index (κ3) is 5.84. The lowest BCUT2D eigenvalue weighted by Crippen LogP contribution is -2.43. The molecule has 150 valence electrons. The summed E-state index contributed by atoms with van der Waals surface area (Å²) in [5, 5.41) is 17.4. The SMILES string of the molecule is CCNC(=NCC1(C(=O)N(C)C)CCCC1)NCC(O)c1ccc(Cl)cc1. The number of halogens is 1. The summed E-state index contributed by atoms with van der Waals surface area (Å²) >= 11 is 5.89. The molecule has 1 amide bonds. The number of carbonyl (C=O) groups excluding carboxylic acids is 1. The van der Waals surface area contributed by atoms with Crippen LogP contribution in [0.3, 0.4) is 0 Å². The Morgan fingerprint density at radius 1 is 1.26 bits per heavy atom. The van der Waals surface area contributed by atoms with E-state index < -0.39 is 11.5 Å². The summed E-state index contributed by atoms with van der Waals surface area (Å²) in [5.41, 5.74) is 0.387. The van der Waals surface area contributed by atoms with Crippen LogP contribution in [0.1, 0.15) is 44.3 Å². The molecular weight excluding hydrogens is 364 g/mol. The number of hydrogen-bond acceptors (Lipinski definition) is 3. The van der Waals surface area contributed by atoms with E-state index >= 15 is 0 Å². The Kier molecular flexibility index (Phi) is 7.92. The number of amides is 1. The molecule has 1 aliphatic rings. The van der Waals surface area contributed by atoms with Gasteiger partial charge in [-0.05, 0) is 37.5 Å². The topological polar surface area (TPSA) is 77.0 Å². The summed E-state index contributed by atoms with van der Waals surface area (Å²) in [4.78, 5) is 19.0. The van der Waals surface area contributed by atoms with Gasteiger partial charge in [-0.3, -0.25) is 9.79 Å². The second-order valence-corrected chi connectivity index (χ2v) is 7.77. The van der Waals surface area contributed by atoms with E-state index in [-0.39, 0.29) is 5.91 Å². The summed E-state index contributed by atoms with van der Waals surface area (Å²) in [6.07, 6.45) is 3.21. The maximum Gasteiger partial charge on any atom is 0.230 e. The zero-order chi connectivity index (χ0) is 19.9. The highest BCUT2D eigenvalue weighted by Gasteiger charge is 2.42. The van der Waals surface area contributed by atoms with E-state index in [0.717, 1.165) is 31.2 Å². The maximum atomic E-state index is 12.7. The van der Waals surface area contributed by atoms with Crippen molar-refractivity contribution in [3.8, 4) is 0 Å². The normalized spacial score (nSPS) is 17.4. The van der Waals surface area contributed by atoms with Crippen LogP contribution in [0.15, 0.2) is 29.3 Å². The summed E-state index contributed by atoms with van der Waals surface area (Å²) in [5.74, 6) is 0.768. The van der Waals surface area contributed by atoms with Crippen LogP contribution in [0.25, 0.3) is 0 Å². The molecule has 0 saturated heterocycles. The van der Waals surface area contributed by atoms with Crippen LogP contribution in [0.5, 0.6) is 0 Å². The fraction of sp³-hybridized carbons (Fsp3) is 0.600. The monoisotopic (exact) mass is 394 g/mol. The van der Waals surface area contributed by atoms with E-state index in [2.05, 4.69) is 15.6 Å². The first-order valence-corrected chi connectivity index (χ1v) is 9.93. The van der Waals surface area contributed by atoms with Crippen molar-refractivity contribution in [2.24, 2.45) is 10.4 Å². The van der Waals surface area contributed by atoms with E-state index in [4.69, 9.17) is 11.6 Å². The molecule has 1 aliphatic carbocycles. The molecule has 1 aromatic rings. The van der Waals surface area contributed by atoms with Crippen molar-refractivity contribution in [3.63, 3.8) is 0 Å². The van der Waals surface area contributed by atoms with Crippen molar-refractivity contribution >= 4 is 23.5 Å². The molecule has 6 nitrogen and oxygen atoms in total. The average Bonchev–Trinajstić information content (AvgIpc) is 3.13. The molecule has 1 aromatic carbocycles. The molecule has 0 bridgehead atoms. The van der Waals surface area contributed by atoms with Gasteiger partial charge >= 0.3 is 0 Å². The molecule has 0 radical (unpaired) electrons. The highest BCUT2D eigenvalue weighted by atomic mass is 35.5. The molecule has 0 heterocycles. The van der Waals surface area contributed by atoms with Gasteiger partial charge in [0, 0.05) is 32.2 Å². The van der Waals surface area contributed by atoms with Gasteiger partial charge in [-0.15, -0.1) is 0 Å². The van der Waals surface area contributed by atoms with Crippen LogP contribution >= 0.6 is 11.6 Å². The second-order valence-electron chi connectivity index (χ2n) is 7.33. The van der Waals surface area contributed by atoms with Crippen molar-refractivity contribution < 1.29 is 9.90 Å². The van der Waals surface area contributed by atoms with Crippen LogP contribution in [0.2, 0.25) is 5.02 Å². The first kappa shape index (κ1) is 21.5. The predicted molar refractivity (Wildman–Crippen MR) is 110 cm³/mol. The fourth-order valence-corrected chi connectivity index (χ4v) is 3.66. The standard InChI is InChI=1S/C20H31ClN4O2/c1-4-22-19(23-13-17(26)15-7-9-16(21)10-8-15)24-14-20(11-5-6-12-20)18(27)25(2)3/h7-10,17,26H,4-6,11-14H2,1-3H3,(H2,22,23,24). The molecule has 1 atom stereocenters. The number of aliphatic imine (C=N–C) groups is 1. The van der Waals surface area contributed by atoms with Crippen molar-refractivity contribution in [2.45, 2.75) is 38.7 Å². The van der Waals surface area contributed by atoms with E-state index in [0.29, 0.717) is 30.6 Å². The number of nitrogens with one attached hydrogen (secondary N) is 2. The molecule has 0 aromatic heterocycles. The van der Waals surface area contributed by atoms with E-state index in [9.17, 15) is 9.90 Å². The largest absolute Gasteiger partial charge is 0.387 e. The van der Waals surface area contributed by atoms with Gasteiger partial charge in [0.2, 0.25) is 5.91 Å². The van der Waals surface area contributed by atoms with Gasteiger partial charge in [0.1, 0.15) is 0 Å². The summed E-state index contributed by atoms with van der Waals surface area (Å²) < 4.78 is 0. The van der Waals surface area contributed by atoms with Gasteiger partial charge in [-0.1, -0.05) is 36.6 Å². The number of aliphatic hydroxyl groups is 1. The summed E-state index contributed by atoms with van der Waals surface area (Å²) in [6, 6.07) is 7.14. The molecule has 2 rings (SSSR count). The minimum atomic E-state index is -0.671. The van der Waals surface area contributed by atoms with Gasteiger partial charge in [-0.25, -0.2) is 0 Å². The zero-order valence-corrected chi connectivity index (χ0v) is 17.2.